The molecule has 0 N–H and O–H groups in total. The third-order valence-electron chi connectivity index (χ3n) is 4.64. The largest absolute Gasteiger partial charge is 1.00 e. The minimum Gasteiger partial charge on any atom is -0.747 e. The van der Waals surface area contributed by atoms with E-state index in [-0.39, 0.29) is 49.4 Å². The van der Waals surface area contributed by atoms with Crippen molar-refractivity contribution in [2.75, 3.05) is 26.4 Å². The zero-order valence-corrected chi connectivity index (χ0v) is 22.7. The molecular weight excluding hydrogens is 447 g/mol. The molecule has 0 rings (SSSR count). The zero-order chi connectivity index (χ0) is 23.4. The van der Waals surface area contributed by atoms with Gasteiger partial charge in [-0.3, -0.25) is 9.59 Å². The predicted octanol–water partition coefficient (Wildman–Crippen LogP) is 0.894. The maximum atomic E-state index is 11.9. The van der Waals surface area contributed by atoms with Gasteiger partial charge in [0.2, 0.25) is 0 Å². The Labute approximate surface area is 215 Å². The van der Waals surface area contributed by atoms with Gasteiger partial charge in [0.05, 0.1) is 32.8 Å². The first-order chi connectivity index (χ1) is 14.8. The van der Waals surface area contributed by atoms with Gasteiger partial charge < -0.3 is 18.8 Å². The van der Waals surface area contributed by atoms with Crippen LogP contribution in [0.4, 0.5) is 0 Å². The molecule has 0 aliphatic rings. The molecule has 32 heavy (non-hydrogen) atoms. The van der Waals surface area contributed by atoms with E-state index >= 15 is 0 Å². The minimum absolute atomic E-state index is 0. The van der Waals surface area contributed by atoms with Gasteiger partial charge in [-0.05, 0) is 6.42 Å². The van der Waals surface area contributed by atoms with Crippen molar-refractivity contribution in [2.24, 2.45) is 0 Å². The molecule has 0 saturated heterocycles. The summed E-state index contributed by atoms with van der Waals surface area (Å²) in [5.41, 5.74) is 0. The molecule has 1 unspecified atom stereocenters. The summed E-state index contributed by atoms with van der Waals surface area (Å²) in [6.45, 7) is 6.33. The third kappa shape index (κ3) is 20.2. The van der Waals surface area contributed by atoms with Gasteiger partial charge in [-0.15, -0.1) is 6.58 Å². The van der Waals surface area contributed by atoms with E-state index in [9.17, 15) is 22.6 Å². The molecular formula is C22H39NaO8S. The molecule has 0 saturated carbocycles. The molecule has 8 nitrogen and oxygen atoms in total. The number of carbonyl (C=O) groups is 2. The summed E-state index contributed by atoms with van der Waals surface area (Å²) in [6.07, 6.45) is 12.4. The number of ether oxygens (including phenoxy) is 3. The Morgan fingerprint density at radius 3 is 1.94 bits per heavy atom. The van der Waals surface area contributed by atoms with Gasteiger partial charge in [0, 0.05) is 6.42 Å². The van der Waals surface area contributed by atoms with Gasteiger partial charge in [-0.2, -0.15) is 0 Å². The van der Waals surface area contributed by atoms with E-state index in [0.717, 1.165) is 19.3 Å². The topological polar surface area (TPSA) is 119 Å². The molecule has 0 amide bonds. The summed E-state index contributed by atoms with van der Waals surface area (Å²) in [5.74, 6) is -2.14. The molecule has 0 aliphatic heterocycles. The molecule has 10 heteroatoms. The van der Waals surface area contributed by atoms with Crippen molar-refractivity contribution in [2.45, 2.75) is 89.2 Å². The van der Waals surface area contributed by atoms with Gasteiger partial charge in [0.15, 0.2) is 5.25 Å². The summed E-state index contributed by atoms with van der Waals surface area (Å²) in [7, 11) is -5.03. The van der Waals surface area contributed by atoms with Crippen LogP contribution in [0.3, 0.4) is 0 Å². The van der Waals surface area contributed by atoms with Gasteiger partial charge in [0.1, 0.15) is 10.1 Å². The van der Waals surface area contributed by atoms with Crippen LogP contribution in [0.5, 0.6) is 0 Å². The van der Waals surface area contributed by atoms with Crippen LogP contribution in [0.25, 0.3) is 0 Å². The van der Waals surface area contributed by atoms with Crippen LogP contribution in [-0.4, -0.2) is 56.6 Å². The number of hydrogen-bond donors (Lipinski definition) is 0. The molecule has 0 radical (unpaired) electrons. The number of hydrogen-bond acceptors (Lipinski definition) is 8. The second kappa shape index (κ2) is 22.3. The van der Waals surface area contributed by atoms with Crippen molar-refractivity contribution in [3.05, 3.63) is 12.7 Å². The van der Waals surface area contributed by atoms with Gasteiger partial charge >= 0.3 is 41.5 Å². The molecule has 0 aromatic heterocycles. The number of esters is 2. The molecule has 0 aliphatic carbocycles. The van der Waals surface area contributed by atoms with Crippen LogP contribution in [0.15, 0.2) is 12.7 Å². The summed E-state index contributed by atoms with van der Waals surface area (Å²) in [4.78, 5) is 23.8. The second-order valence-electron chi connectivity index (χ2n) is 7.47. The van der Waals surface area contributed by atoms with Crippen molar-refractivity contribution in [3.63, 3.8) is 0 Å². The Bertz CT molecular complexity index is 595. The summed E-state index contributed by atoms with van der Waals surface area (Å²) < 4.78 is 48.9. The van der Waals surface area contributed by atoms with Gasteiger partial charge in [0.25, 0.3) is 0 Å². The average molecular weight is 487 g/mol. The molecule has 0 fully saturated rings. The van der Waals surface area contributed by atoms with Crippen LogP contribution >= 0.6 is 0 Å². The SMILES string of the molecule is C=CCOCCCOC(=O)C(CC(=O)OCCCCCCCCCCCC)S(=O)(=O)[O-].[Na+]. The van der Waals surface area contributed by atoms with Crippen molar-refractivity contribution >= 4 is 22.1 Å². The molecule has 0 aromatic rings. The van der Waals surface area contributed by atoms with E-state index in [0.29, 0.717) is 19.4 Å². The van der Waals surface area contributed by atoms with Crippen molar-refractivity contribution in [1.29, 1.82) is 0 Å². The maximum absolute atomic E-state index is 11.9. The summed E-state index contributed by atoms with van der Waals surface area (Å²) >= 11 is 0. The zero-order valence-electron chi connectivity index (χ0n) is 19.8. The van der Waals surface area contributed by atoms with Crippen LogP contribution in [0.1, 0.15) is 84.0 Å². The summed E-state index contributed by atoms with van der Waals surface area (Å²) in [6, 6.07) is 0. The van der Waals surface area contributed by atoms with E-state index in [1.807, 2.05) is 0 Å². The first-order valence-electron chi connectivity index (χ1n) is 11.3. The maximum Gasteiger partial charge on any atom is 1.00 e. The molecule has 1 atom stereocenters. The van der Waals surface area contributed by atoms with Crippen molar-refractivity contribution < 1.29 is 66.3 Å². The fraction of sp³-hybridized carbons (Fsp3) is 0.818. The smallest absolute Gasteiger partial charge is 0.747 e. The number of carbonyl (C=O) groups excluding carboxylic acids is 2. The Morgan fingerprint density at radius 1 is 0.875 bits per heavy atom. The first-order valence-corrected chi connectivity index (χ1v) is 12.8. The quantitative estimate of drug-likeness (QED) is 0.0772. The first kappa shape index (κ1) is 33.7. The molecule has 0 aromatic carbocycles. The standard InChI is InChI=1S/C22H40O8S.Na/c1-3-5-6-7-8-9-10-11-12-13-17-29-21(23)19-20(31(25,26)27)22(24)30-18-14-16-28-15-4-2;/h4,20H,2-3,5-19H2,1H3,(H,25,26,27);/q;+1/p-1. The minimum atomic E-state index is -5.03. The van der Waals surface area contributed by atoms with Gasteiger partial charge in [-0.25, -0.2) is 8.42 Å². The van der Waals surface area contributed by atoms with Crippen molar-refractivity contribution in [3.8, 4) is 0 Å². The monoisotopic (exact) mass is 486 g/mol. The van der Waals surface area contributed by atoms with Crippen LogP contribution < -0.4 is 29.6 Å². The Balaban J connectivity index is 0. The van der Waals surface area contributed by atoms with Gasteiger partial charge in [-0.1, -0.05) is 70.8 Å². The Hall–Kier alpha value is -0.450. The van der Waals surface area contributed by atoms with E-state index in [2.05, 4.69) is 13.5 Å². The van der Waals surface area contributed by atoms with E-state index in [4.69, 9.17) is 14.2 Å². The Kier molecular flexibility index (Phi) is 23.5. The number of unbranched alkanes of at least 4 members (excludes halogenated alkanes) is 9. The molecule has 0 bridgehead atoms. The molecule has 0 heterocycles. The normalized spacial score (nSPS) is 11.9. The van der Waals surface area contributed by atoms with Crippen LogP contribution in [0, 0.1) is 0 Å². The van der Waals surface area contributed by atoms with E-state index in [1.54, 1.807) is 6.08 Å². The van der Waals surface area contributed by atoms with E-state index in [1.165, 1.54) is 38.5 Å². The molecule has 0 spiro atoms. The Morgan fingerprint density at radius 2 is 1.41 bits per heavy atom. The molecule has 182 valence electrons. The predicted molar refractivity (Wildman–Crippen MR) is 117 cm³/mol. The van der Waals surface area contributed by atoms with Crippen LogP contribution in [0.2, 0.25) is 0 Å². The van der Waals surface area contributed by atoms with Crippen molar-refractivity contribution in [1.82, 2.24) is 0 Å². The fourth-order valence-corrected chi connectivity index (χ4v) is 3.53. The summed E-state index contributed by atoms with van der Waals surface area (Å²) in [5, 5.41) is -2.10. The van der Waals surface area contributed by atoms with Crippen LogP contribution in [-0.2, 0) is 33.9 Å². The fourth-order valence-electron chi connectivity index (χ4n) is 2.88. The second-order valence-corrected chi connectivity index (χ2v) is 9.03. The third-order valence-corrected chi connectivity index (χ3v) is 5.69. The number of rotatable bonds is 21. The average Bonchev–Trinajstić information content (AvgIpc) is 2.71. The van der Waals surface area contributed by atoms with E-state index < -0.39 is 33.7 Å².